The molecule has 0 aliphatic heterocycles. The van der Waals surface area contributed by atoms with Crippen LogP contribution in [0.4, 0.5) is 0 Å². The third-order valence-corrected chi connectivity index (χ3v) is 3.46. The Morgan fingerprint density at radius 2 is 2.27 bits per heavy atom. The molecule has 0 aromatic heterocycles. The predicted molar refractivity (Wildman–Crippen MR) is 67.9 cm³/mol. The van der Waals surface area contributed by atoms with Crippen molar-refractivity contribution < 1.29 is 0 Å². The van der Waals surface area contributed by atoms with Crippen LogP contribution in [0.1, 0.15) is 37.8 Å². The van der Waals surface area contributed by atoms with E-state index in [0.717, 1.165) is 12.5 Å². The number of benzene rings is 1. The molecule has 1 fully saturated rings. The monoisotopic (exact) mass is 267 g/mol. The summed E-state index contributed by atoms with van der Waals surface area (Å²) < 4.78 is 1.18. The van der Waals surface area contributed by atoms with Crippen molar-refractivity contribution in [1.82, 2.24) is 5.32 Å². The summed E-state index contributed by atoms with van der Waals surface area (Å²) in [5, 5.41) is 3.58. The maximum absolute atomic E-state index is 3.58. The highest BCUT2D eigenvalue weighted by Crippen LogP contribution is 2.37. The summed E-state index contributed by atoms with van der Waals surface area (Å²) in [5.41, 5.74) is 1.41. The lowest BCUT2D eigenvalue weighted by molar-refractivity contribution is 0.487. The minimum Gasteiger partial charge on any atom is -0.310 e. The molecule has 1 aliphatic carbocycles. The highest BCUT2D eigenvalue weighted by Gasteiger charge is 2.25. The van der Waals surface area contributed by atoms with Crippen LogP contribution < -0.4 is 5.32 Å². The molecule has 2 heteroatoms. The van der Waals surface area contributed by atoms with Crippen molar-refractivity contribution >= 4 is 15.9 Å². The lowest BCUT2D eigenvalue weighted by Gasteiger charge is -2.18. The summed E-state index contributed by atoms with van der Waals surface area (Å²) >= 11 is 3.54. The van der Waals surface area contributed by atoms with Gasteiger partial charge in [0.05, 0.1) is 0 Å². The second kappa shape index (κ2) is 5.13. The van der Waals surface area contributed by atoms with Gasteiger partial charge in [-0.2, -0.15) is 0 Å². The van der Waals surface area contributed by atoms with Crippen molar-refractivity contribution in [2.24, 2.45) is 5.92 Å². The topological polar surface area (TPSA) is 12.0 Å². The Bertz CT molecular complexity index is 320. The number of nitrogens with one attached hydrogen (secondary N) is 1. The molecular formula is C13H18BrN. The summed E-state index contributed by atoms with van der Waals surface area (Å²) in [5.74, 6) is 0.966. The third-order valence-electron chi connectivity index (χ3n) is 2.97. The average Bonchev–Trinajstić information content (AvgIpc) is 3.01. The van der Waals surface area contributed by atoms with Crippen LogP contribution in [0.25, 0.3) is 0 Å². The van der Waals surface area contributed by atoms with E-state index in [1.165, 1.54) is 29.3 Å². The lowest BCUT2D eigenvalue weighted by Crippen LogP contribution is -2.21. The maximum atomic E-state index is 3.58. The van der Waals surface area contributed by atoms with E-state index in [4.69, 9.17) is 0 Å². The molecule has 1 atom stereocenters. The number of hydrogen-bond donors (Lipinski definition) is 1. The van der Waals surface area contributed by atoms with Crippen molar-refractivity contribution in [1.29, 1.82) is 0 Å². The quantitative estimate of drug-likeness (QED) is 0.854. The first-order chi connectivity index (χ1) is 7.29. The fourth-order valence-electron chi connectivity index (χ4n) is 1.99. The second-order valence-electron chi connectivity index (χ2n) is 4.34. The van der Waals surface area contributed by atoms with Crippen LogP contribution in [0.5, 0.6) is 0 Å². The number of halogens is 1. The van der Waals surface area contributed by atoms with Crippen LogP contribution >= 0.6 is 15.9 Å². The predicted octanol–water partition coefficient (Wildman–Crippen LogP) is 3.90. The molecule has 1 nitrogen and oxygen atoms in total. The molecule has 1 N–H and O–H groups in total. The van der Waals surface area contributed by atoms with Gasteiger partial charge in [-0.1, -0.05) is 47.8 Å². The summed E-state index contributed by atoms with van der Waals surface area (Å²) in [6.45, 7) is 3.22. The molecular weight excluding hydrogens is 250 g/mol. The van der Waals surface area contributed by atoms with Crippen LogP contribution in [-0.2, 0) is 0 Å². The van der Waals surface area contributed by atoms with Gasteiger partial charge < -0.3 is 5.32 Å². The summed E-state index contributed by atoms with van der Waals surface area (Å²) in [6, 6.07) is 9.20. The molecule has 0 radical (unpaired) electrons. The Balaban J connectivity index is 2.07. The Labute approximate surface area is 100 Å². The minimum atomic E-state index is 0.542. The van der Waals surface area contributed by atoms with E-state index in [2.05, 4.69) is 52.4 Å². The minimum absolute atomic E-state index is 0.542. The Hall–Kier alpha value is -0.340. The van der Waals surface area contributed by atoms with Gasteiger partial charge in [0.25, 0.3) is 0 Å². The summed E-state index contributed by atoms with van der Waals surface area (Å²) in [4.78, 5) is 0. The van der Waals surface area contributed by atoms with Crippen LogP contribution in [-0.4, -0.2) is 6.54 Å². The molecule has 0 heterocycles. The Kier molecular flexibility index (Phi) is 3.81. The van der Waals surface area contributed by atoms with Gasteiger partial charge in [-0.15, -0.1) is 0 Å². The maximum Gasteiger partial charge on any atom is 0.0323 e. The number of hydrogen-bond acceptors (Lipinski definition) is 1. The van der Waals surface area contributed by atoms with Crippen LogP contribution in [0, 0.1) is 5.92 Å². The fraction of sp³-hybridized carbons (Fsp3) is 0.538. The first-order valence-corrected chi connectivity index (χ1v) is 6.57. The molecule has 0 amide bonds. The standard InChI is InChI=1S/C13H18BrN/c1-2-15-13(8-10-6-7-10)11-4-3-5-12(14)9-11/h3-5,9-10,13,15H,2,6-8H2,1H3. The SMILES string of the molecule is CCNC(CC1CC1)c1cccc(Br)c1. The van der Waals surface area contributed by atoms with Crippen LogP contribution in [0.15, 0.2) is 28.7 Å². The van der Waals surface area contributed by atoms with Gasteiger partial charge in [0.15, 0.2) is 0 Å². The molecule has 1 aliphatic rings. The van der Waals surface area contributed by atoms with E-state index in [-0.39, 0.29) is 0 Å². The molecule has 1 unspecified atom stereocenters. The van der Waals surface area contributed by atoms with Gasteiger partial charge in [-0.05, 0) is 36.6 Å². The Morgan fingerprint density at radius 3 is 2.87 bits per heavy atom. The summed E-state index contributed by atoms with van der Waals surface area (Å²) in [7, 11) is 0. The van der Waals surface area contributed by atoms with Crippen molar-refractivity contribution in [3.63, 3.8) is 0 Å². The Morgan fingerprint density at radius 1 is 1.47 bits per heavy atom. The van der Waals surface area contributed by atoms with E-state index >= 15 is 0 Å². The van der Waals surface area contributed by atoms with E-state index in [1.54, 1.807) is 0 Å². The van der Waals surface area contributed by atoms with E-state index in [0.29, 0.717) is 6.04 Å². The molecule has 15 heavy (non-hydrogen) atoms. The number of rotatable bonds is 5. The zero-order valence-corrected chi connectivity index (χ0v) is 10.8. The van der Waals surface area contributed by atoms with E-state index in [1.807, 2.05) is 0 Å². The van der Waals surface area contributed by atoms with Gasteiger partial charge in [-0.3, -0.25) is 0 Å². The average molecular weight is 268 g/mol. The van der Waals surface area contributed by atoms with Crippen LogP contribution in [0.2, 0.25) is 0 Å². The molecule has 0 spiro atoms. The first-order valence-electron chi connectivity index (χ1n) is 5.78. The molecule has 1 aromatic rings. The molecule has 0 bridgehead atoms. The molecule has 2 rings (SSSR count). The largest absolute Gasteiger partial charge is 0.310 e. The van der Waals surface area contributed by atoms with Crippen molar-refractivity contribution in [2.75, 3.05) is 6.54 Å². The van der Waals surface area contributed by atoms with E-state index < -0.39 is 0 Å². The normalized spacial score (nSPS) is 17.7. The van der Waals surface area contributed by atoms with Crippen molar-refractivity contribution in [3.05, 3.63) is 34.3 Å². The van der Waals surface area contributed by atoms with Gasteiger partial charge >= 0.3 is 0 Å². The molecule has 82 valence electrons. The van der Waals surface area contributed by atoms with Crippen molar-refractivity contribution in [2.45, 2.75) is 32.2 Å². The van der Waals surface area contributed by atoms with Crippen molar-refractivity contribution in [3.8, 4) is 0 Å². The zero-order chi connectivity index (χ0) is 10.7. The second-order valence-corrected chi connectivity index (χ2v) is 5.26. The molecule has 1 aromatic carbocycles. The molecule has 1 saturated carbocycles. The smallest absolute Gasteiger partial charge is 0.0323 e. The third kappa shape index (κ3) is 3.32. The van der Waals surface area contributed by atoms with Gasteiger partial charge in [0.2, 0.25) is 0 Å². The summed E-state index contributed by atoms with van der Waals surface area (Å²) in [6.07, 6.45) is 4.15. The highest BCUT2D eigenvalue weighted by molar-refractivity contribution is 9.10. The zero-order valence-electron chi connectivity index (χ0n) is 9.17. The van der Waals surface area contributed by atoms with Gasteiger partial charge in [0.1, 0.15) is 0 Å². The van der Waals surface area contributed by atoms with Crippen LogP contribution in [0.3, 0.4) is 0 Å². The highest BCUT2D eigenvalue weighted by atomic mass is 79.9. The lowest BCUT2D eigenvalue weighted by atomic mass is 10.0. The molecule has 0 saturated heterocycles. The fourth-order valence-corrected chi connectivity index (χ4v) is 2.41. The first kappa shape index (κ1) is 11.2. The van der Waals surface area contributed by atoms with Gasteiger partial charge in [-0.25, -0.2) is 0 Å². The van der Waals surface area contributed by atoms with E-state index in [9.17, 15) is 0 Å². The van der Waals surface area contributed by atoms with Gasteiger partial charge in [0, 0.05) is 10.5 Å².